The smallest absolute Gasteiger partial charge is 0.165 e. The van der Waals surface area contributed by atoms with Gasteiger partial charge in [-0.15, -0.1) is 0 Å². The molecule has 1 aliphatic carbocycles. The van der Waals surface area contributed by atoms with Gasteiger partial charge in [0.15, 0.2) is 11.6 Å². The fourth-order valence-electron chi connectivity index (χ4n) is 1.78. The van der Waals surface area contributed by atoms with Gasteiger partial charge in [-0.3, -0.25) is 0 Å². The summed E-state index contributed by atoms with van der Waals surface area (Å²) in [5, 5.41) is 0. The van der Waals surface area contributed by atoms with Crippen molar-refractivity contribution in [1.29, 1.82) is 0 Å². The Morgan fingerprint density at radius 2 is 1.88 bits per heavy atom. The summed E-state index contributed by atoms with van der Waals surface area (Å²) in [6.07, 6.45) is 2.63. The maximum Gasteiger partial charge on any atom is 0.165 e. The van der Waals surface area contributed by atoms with E-state index in [9.17, 15) is 4.39 Å². The van der Waals surface area contributed by atoms with Crippen molar-refractivity contribution >= 4 is 0 Å². The summed E-state index contributed by atoms with van der Waals surface area (Å²) in [4.78, 5) is 0. The number of benzene rings is 1. The van der Waals surface area contributed by atoms with Gasteiger partial charge in [-0.1, -0.05) is 0 Å². The normalized spacial score (nSPS) is 17.0. The molecule has 88 valence electrons. The highest BCUT2D eigenvalue weighted by atomic mass is 19.1. The van der Waals surface area contributed by atoms with Crippen LogP contribution in [0.3, 0.4) is 0 Å². The van der Waals surface area contributed by atoms with Gasteiger partial charge in [-0.25, -0.2) is 4.39 Å². The summed E-state index contributed by atoms with van der Waals surface area (Å²) in [6, 6.07) is 3.01. The minimum absolute atomic E-state index is 0.158. The summed E-state index contributed by atoms with van der Waals surface area (Å²) in [5.74, 6) is 0.458. The lowest BCUT2D eigenvalue weighted by molar-refractivity contribution is 0.370. The number of ether oxygens (including phenoxy) is 2. The first kappa shape index (κ1) is 11.2. The van der Waals surface area contributed by atoms with Crippen molar-refractivity contribution < 1.29 is 13.9 Å². The Balaban J connectivity index is 2.32. The van der Waals surface area contributed by atoms with Gasteiger partial charge in [0, 0.05) is 11.6 Å². The van der Waals surface area contributed by atoms with Gasteiger partial charge in [0.1, 0.15) is 5.75 Å². The third-order valence-corrected chi connectivity index (χ3v) is 2.99. The molecule has 0 unspecified atom stereocenters. The Morgan fingerprint density at radius 1 is 1.25 bits per heavy atom. The van der Waals surface area contributed by atoms with Crippen LogP contribution in [-0.4, -0.2) is 19.8 Å². The van der Waals surface area contributed by atoms with Crippen molar-refractivity contribution in [3.05, 3.63) is 23.5 Å². The molecule has 0 saturated heterocycles. The van der Waals surface area contributed by atoms with Gasteiger partial charge in [0.05, 0.1) is 14.2 Å². The molecule has 3 nitrogen and oxygen atoms in total. The third-order valence-electron chi connectivity index (χ3n) is 2.99. The van der Waals surface area contributed by atoms with Crippen LogP contribution in [0.4, 0.5) is 4.39 Å². The number of methoxy groups -OCH3 is 2. The number of hydrogen-bond donors (Lipinski definition) is 1. The monoisotopic (exact) mass is 225 g/mol. The lowest BCUT2D eigenvalue weighted by atomic mass is 10.0. The van der Waals surface area contributed by atoms with Crippen molar-refractivity contribution in [2.45, 2.75) is 24.8 Å². The molecule has 1 aliphatic rings. The topological polar surface area (TPSA) is 44.5 Å². The summed E-state index contributed by atoms with van der Waals surface area (Å²) in [7, 11) is 3.00. The van der Waals surface area contributed by atoms with E-state index in [1.807, 2.05) is 0 Å². The molecule has 2 N–H and O–H groups in total. The maximum atomic E-state index is 13.5. The highest BCUT2D eigenvalue weighted by Gasteiger charge is 2.38. The number of halogens is 1. The molecule has 0 aromatic heterocycles. The summed E-state index contributed by atoms with van der Waals surface area (Å²) < 4.78 is 23.7. The predicted octanol–water partition coefficient (Wildman–Crippen LogP) is 1.88. The highest BCUT2D eigenvalue weighted by Crippen LogP contribution is 2.39. The van der Waals surface area contributed by atoms with E-state index in [4.69, 9.17) is 15.2 Å². The minimum atomic E-state index is -0.373. The first-order valence-corrected chi connectivity index (χ1v) is 5.27. The Kier molecular flexibility index (Phi) is 2.76. The SMILES string of the molecule is COc1cc(OC)c(CC2(N)CC2)cc1F. The Hall–Kier alpha value is -1.29. The van der Waals surface area contributed by atoms with Gasteiger partial charge in [-0.05, 0) is 30.9 Å². The van der Waals surface area contributed by atoms with Gasteiger partial charge in [0.2, 0.25) is 0 Å². The summed E-state index contributed by atoms with van der Waals surface area (Å²) in [5.41, 5.74) is 6.66. The standard InChI is InChI=1S/C12H16FNO2/c1-15-10-6-11(16-2)9(13)5-8(10)7-12(14)3-4-12/h5-6H,3-4,7,14H2,1-2H3. The van der Waals surface area contributed by atoms with Crippen LogP contribution in [-0.2, 0) is 6.42 Å². The largest absolute Gasteiger partial charge is 0.496 e. The molecule has 0 aliphatic heterocycles. The summed E-state index contributed by atoms with van der Waals surface area (Å²) >= 11 is 0. The van der Waals surface area contributed by atoms with E-state index < -0.39 is 0 Å². The van der Waals surface area contributed by atoms with Crippen LogP contribution in [0.1, 0.15) is 18.4 Å². The van der Waals surface area contributed by atoms with Crippen molar-refractivity contribution in [2.24, 2.45) is 5.73 Å². The van der Waals surface area contributed by atoms with Crippen LogP contribution in [0.5, 0.6) is 11.5 Å². The zero-order valence-electron chi connectivity index (χ0n) is 9.55. The van der Waals surface area contributed by atoms with Gasteiger partial charge >= 0.3 is 0 Å². The van der Waals surface area contributed by atoms with Gasteiger partial charge in [0.25, 0.3) is 0 Å². The molecular weight excluding hydrogens is 209 g/mol. The van der Waals surface area contributed by atoms with E-state index >= 15 is 0 Å². The van der Waals surface area contributed by atoms with Gasteiger partial charge in [-0.2, -0.15) is 0 Å². The molecule has 1 aromatic rings. The quantitative estimate of drug-likeness (QED) is 0.850. The first-order valence-electron chi connectivity index (χ1n) is 5.27. The van der Waals surface area contributed by atoms with Crippen LogP contribution >= 0.6 is 0 Å². The molecule has 0 amide bonds. The number of nitrogens with two attached hydrogens (primary N) is 1. The van der Waals surface area contributed by atoms with Crippen LogP contribution < -0.4 is 15.2 Å². The van der Waals surface area contributed by atoms with Crippen molar-refractivity contribution in [2.75, 3.05) is 14.2 Å². The summed E-state index contributed by atoms with van der Waals surface area (Å²) in [6.45, 7) is 0. The molecule has 4 heteroatoms. The van der Waals surface area contributed by atoms with E-state index in [0.29, 0.717) is 12.2 Å². The Bertz CT molecular complexity index is 402. The molecule has 1 saturated carbocycles. The molecule has 2 rings (SSSR count). The lowest BCUT2D eigenvalue weighted by Crippen LogP contribution is -2.24. The Morgan fingerprint density at radius 3 is 2.38 bits per heavy atom. The average molecular weight is 225 g/mol. The van der Waals surface area contributed by atoms with Crippen LogP contribution in [0.2, 0.25) is 0 Å². The highest BCUT2D eigenvalue weighted by molar-refractivity contribution is 5.43. The van der Waals surface area contributed by atoms with Crippen molar-refractivity contribution in [3.8, 4) is 11.5 Å². The minimum Gasteiger partial charge on any atom is -0.496 e. The molecule has 16 heavy (non-hydrogen) atoms. The molecule has 0 radical (unpaired) electrons. The van der Waals surface area contributed by atoms with Crippen LogP contribution in [0, 0.1) is 5.82 Å². The maximum absolute atomic E-state index is 13.5. The predicted molar refractivity (Wildman–Crippen MR) is 59.4 cm³/mol. The van der Waals surface area contributed by atoms with E-state index in [1.165, 1.54) is 13.2 Å². The number of rotatable bonds is 4. The van der Waals surface area contributed by atoms with E-state index in [2.05, 4.69) is 0 Å². The second-order valence-electron chi connectivity index (χ2n) is 4.34. The molecule has 1 fully saturated rings. The van der Waals surface area contributed by atoms with E-state index in [0.717, 1.165) is 18.4 Å². The number of hydrogen-bond acceptors (Lipinski definition) is 3. The van der Waals surface area contributed by atoms with E-state index in [-0.39, 0.29) is 17.1 Å². The fraction of sp³-hybridized carbons (Fsp3) is 0.500. The zero-order valence-corrected chi connectivity index (χ0v) is 9.55. The second kappa shape index (κ2) is 3.94. The van der Waals surface area contributed by atoms with Crippen molar-refractivity contribution in [1.82, 2.24) is 0 Å². The molecule has 0 bridgehead atoms. The zero-order chi connectivity index (χ0) is 11.8. The van der Waals surface area contributed by atoms with Crippen LogP contribution in [0.25, 0.3) is 0 Å². The average Bonchev–Trinajstić information content (AvgIpc) is 2.96. The lowest BCUT2D eigenvalue weighted by Gasteiger charge is -2.14. The molecule has 0 spiro atoms. The van der Waals surface area contributed by atoms with E-state index in [1.54, 1.807) is 13.2 Å². The second-order valence-corrected chi connectivity index (χ2v) is 4.34. The van der Waals surface area contributed by atoms with Crippen LogP contribution in [0.15, 0.2) is 12.1 Å². The molecule has 1 aromatic carbocycles. The molecule has 0 heterocycles. The first-order chi connectivity index (χ1) is 7.58. The molecular formula is C12H16FNO2. The van der Waals surface area contributed by atoms with Crippen molar-refractivity contribution in [3.63, 3.8) is 0 Å². The Labute approximate surface area is 94.3 Å². The molecule has 0 atom stereocenters. The van der Waals surface area contributed by atoms with Gasteiger partial charge < -0.3 is 15.2 Å². The third kappa shape index (κ3) is 2.11. The fourth-order valence-corrected chi connectivity index (χ4v) is 1.78.